The quantitative estimate of drug-likeness (QED) is 0.478. The highest BCUT2D eigenvalue weighted by Crippen LogP contribution is 2.20. The molecule has 3 amide bonds. The number of aromatic amines is 1. The number of para-hydroxylation sites is 1. The van der Waals surface area contributed by atoms with Gasteiger partial charge in [0.15, 0.2) is 0 Å². The molecule has 0 spiro atoms. The number of fused-ring (bicyclic) bond motifs is 1. The van der Waals surface area contributed by atoms with E-state index in [4.69, 9.17) is 4.74 Å². The van der Waals surface area contributed by atoms with Gasteiger partial charge in [-0.3, -0.25) is 4.79 Å². The first-order valence-corrected chi connectivity index (χ1v) is 12.8. The number of esters is 1. The number of carbonyl (C=O) groups excluding carboxylic acids is 3. The lowest BCUT2D eigenvalue weighted by Crippen LogP contribution is -2.64. The molecule has 1 aliphatic rings. The summed E-state index contributed by atoms with van der Waals surface area (Å²) in [6.45, 7) is 3.58. The molecule has 1 saturated heterocycles. The molecule has 0 saturated carbocycles. The van der Waals surface area contributed by atoms with Crippen molar-refractivity contribution in [1.82, 2.24) is 24.8 Å². The Morgan fingerprint density at radius 2 is 1.88 bits per heavy atom. The van der Waals surface area contributed by atoms with Crippen molar-refractivity contribution in [3.05, 3.63) is 36.0 Å². The summed E-state index contributed by atoms with van der Waals surface area (Å²) in [6, 6.07) is 4.81. The number of amides is 3. The van der Waals surface area contributed by atoms with E-state index in [-0.39, 0.29) is 38.1 Å². The van der Waals surface area contributed by atoms with Crippen molar-refractivity contribution in [2.24, 2.45) is 0 Å². The lowest BCUT2D eigenvalue weighted by atomic mass is 10.0. The van der Waals surface area contributed by atoms with Gasteiger partial charge in [0.25, 0.3) is 0 Å². The number of piperazine rings is 1. The molecule has 0 radical (unpaired) electrons. The van der Waals surface area contributed by atoms with Gasteiger partial charge in [-0.05, 0) is 25.5 Å². The van der Waals surface area contributed by atoms with Gasteiger partial charge < -0.3 is 25.3 Å². The van der Waals surface area contributed by atoms with E-state index in [1.165, 1.54) is 12.0 Å². The third kappa shape index (κ3) is 5.86. The summed E-state index contributed by atoms with van der Waals surface area (Å²) in [5.74, 6) is -1.34. The van der Waals surface area contributed by atoms with Crippen molar-refractivity contribution in [3.8, 4) is 0 Å². The van der Waals surface area contributed by atoms with Gasteiger partial charge in [-0.2, -0.15) is 4.31 Å². The van der Waals surface area contributed by atoms with Crippen LogP contribution >= 0.6 is 0 Å². The van der Waals surface area contributed by atoms with Gasteiger partial charge in [-0.1, -0.05) is 18.2 Å². The Balaban J connectivity index is 1.83. The fraction of sp³-hybridized carbons (Fsp3) is 0.500. The summed E-state index contributed by atoms with van der Waals surface area (Å²) in [5, 5.41) is 6.30. The Labute approximate surface area is 198 Å². The number of nitrogens with zero attached hydrogens (tertiary/aromatic N) is 2. The van der Waals surface area contributed by atoms with Gasteiger partial charge in [-0.25, -0.2) is 18.0 Å². The van der Waals surface area contributed by atoms with Gasteiger partial charge in [-0.15, -0.1) is 0 Å². The fourth-order valence-corrected chi connectivity index (χ4v) is 5.06. The minimum absolute atomic E-state index is 0.0340. The Hall–Kier alpha value is -3.12. The average Bonchev–Trinajstić information content (AvgIpc) is 3.19. The van der Waals surface area contributed by atoms with Crippen molar-refractivity contribution in [3.63, 3.8) is 0 Å². The molecule has 1 aliphatic heterocycles. The zero-order valence-corrected chi connectivity index (χ0v) is 20.5. The minimum Gasteiger partial charge on any atom is -0.467 e. The lowest BCUT2D eigenvalue weighted by molar-refractivity contribution is -0.145. The third-order valence-corrected chi connectivity index (χ3v) is 6.95. The number of methoxy groups -OCH3 is 1. The predicted molar refractivity (Wildman–Crippen MR) is 127 cm³/mol. The van der Waals surface area contributed by atoms with Crippen molar-refractivity contribution in [2.75, 3.05) is 33.0 Å². The second-order valence-corrected chi connectivity index (χ2v) is 10.5. The summed E-state index contributed by atoms with van der Waals surface area (Å²) >= 11 is 0. The SMILES string of the molecule is COC(=O)[C@@H](Cc1c[nH]c2ccccc12)NC(=O)[C@H]1CN(C(=O)NC(C)C)CCN1S(C)(=O)=O. The maximum Gasteiger partial charge on any atom is 0.328 e. The maximum absolute atomic E-state index is 13.3. The number of H-pyrrole nitrogens is 1. The summed E-state index contributed by atoms with van der Waals surface area (Å²) < 4.78 is 30.7. The summed E-state index contributed by atoms with van der Waals surface area (Å²) in [7, 11) is -2.52. The van der Waals surface area contributed by atoms with E-state index in [9.17, 15) is 22.8 Å². The number of sulfonamides is 1. The third-order valence-electron chi connectivity index (χ3n) is 5.66. The number of hydrogen-bond acceptors (Lipinski definition) is 6. The van der Waals surface area contributed by atoms with Crippen molar-refractivity contribution >= 4 is 38.8 Å². The zero-order chi connectivity index (χ0) is 25.0. The molecule has 186 valence electrons. The van der Waals surface area contributed by atoms with Crippen LogP contribution in [0, 0.1) is 0 Å². The maximum atomic E-state index is 13.3. The molecule has 0 unspecified atom stereocenters. The molecule has 3 rings (SSSR count). The molecule has 3 N–H and O–H groups in total. The smallest absolute Gasteiger partial charge is 0.328 e. The molecule has 2 aromatic rings. The standard InChI is InChI=1S/C22H31N5O6S/c1-14(2)24-22(30)26-9-10-27(34(4,31)32)19(13-26)20(28)25-18(21(29)33-3)11-15-12-23-17-8-6-5-7-16(15)17/h5-8,12,14,18-19,23H,9-11,13H2,1-4H3,(H,24,30)(H,25,28)/t18-,19-/m1/s1. The number of rotatable bonds is 7. The molecule has 2 atom stereocenters. The molecule has 2 heterocycles. The van der Waals surface area contributed by atoms with Gasteiger partial charge in [0, 0.05) is 49.2 Å². The molecule has 34 heavy (non-hydrogen) atoms. The Kier molecular flexibility index (Phi) is 7.82. The van der Waals surface area contributed by atoms with Gasteiger partial charge in [0.05, 0.1) is 13.4 Å². The molecule has 0 aliphatic carbocycles. The van der Waals surface area contributed by atoms with Crippen LogP contribution in [0.5, 0.6) is 0 Å². The highest BCUT2D eigenvalue weighted by atomic mass is 32.2. The number of benzene rings is 1. The second-order valence-electron chi connectivity index (χ2n) is 8.59. The first-order valence-electron chi connectivity index (χ1n) is 11.0. The first-order chi connectivity index (χ1) is 16.0. The molecule has 1 aromatic carbocycles. The number of carbonyl (C=O) groups is 3. The van der Waals surface area contributed by atoms with E-state index in [0.29, 0.717) is 0 Å². The van der Waals surface area contributed by atoms with E-state index < -0.39 is 34.0 Å². The Bertz CT molecular complexity index is 1160. The van der Waals surface area contributed by atoms with E-state index in [1.54, 1.807) is 20.0 Å². The van der Waals surface area contributed by atoms with E-state index in [0.717, 1.165) is 27.0 Å². The number of nitrogens with one attached hydrogen (secondary N) is 3. The second kappa shape index (κ2) is 10.4. The molecular formula is C22H31N5O6S. The Morgan fingerprint density at radius 1 is 1.18 bits per heavy atom. The van der Waals surface area contributed by atoms with Crippen LogP contribution in [0.3, 0.4) is 0 Å². The van der Waals surface area contributed by atoms with Gasteiger partial charge in [0.2, 0.25) is 15.9 Å². The van der Waals surface area contributed by atoms with Crippen LogP contribution in [0.15, 0.2) is 30.5 Å². The van der Waals surface area contributed by atoms with Crippen molar-refractivity contribution in [2.45, 2.75) is 38.4 Å². The van der Waals surface area contributed by atoms with Crippen LogP contribution in [0.1, 0.15) is 19.4 Å². The fourth-order valence-electron chi connectivity index (χ4n) is 4.02. The predicted octanol–water partition coefficient (Wildman–Crippen LogP) is 0.432. The van der Waals surface area contributed by atoms with Crippen LogP contribution in [0.2, 0.25) is 0 Å². The van der Waals surface area contributed by atoms with E-state index in [2.05, 4.69) is 15.6 Å². The van der Waals surface area contributed by atoms with Crippen LogP contribution in [-0.4, -0.2) is 91.6 Å². The summed E-state index contributed by atoms with van der Waals surface area (Å²) in [6.07, 6.45) is 2.92. The lowest BCUT2D eigenvalue weighted by Gasteiger charge is -2.39. The largest absolute Gasteiger partial charge is 0.467 e. The van der Waals surface area contributed by atoms with E-state index >= 15 is 0 Å². The molecular weight excluding hydrogens is 462 g/mol. The number of aromatic nitrogens is 1. The van der Waals surface area contributed by atoms with Gasteiger partial charge in [0.1, 0.15) is 12.1 Å². The summed E-state index contributed by atoms with van der Waals surface area (Å²) in [4.78, 5) is 42.8. The topological polar surface area (TPSA) is 141 Å². The van der Waals surface area contributed by atoms with Crippen LogP contribution in [0.4, 0.5) is 4.79 Å². The molecule has 12 heteroatoms. The molecule has 1 fully saturated rings. The number of ether oxygens (including phenoxy) is 1. The zero-order valence-electron chi connectivity index (χ0n) is 19.7. The molecule has 11 nitrogen and oxygen atoms in total. The van der Waals surface area contributed by atoms with E-state index in [1.807, 2.05) is 24.3 Å². The minimum atomic E-state index is -3.74. The number of hydrogen-bond donors (Lipinski definition) is 3. The molecule has 1 aromatic heterocycles. The highest BCUT2D eigenvalue weighted by Gasteiger charge is 2.40. The van der Waals surface area contributed by atoms with Crippen LogP contribution < -0.4 is 10.6 Å². The Morgan fingerprint density at radius 3 is 2.53 bits per heavy atom. The van der Waals surface area contributed by atoms with Crippen molar-refractivity contribution < 1.29 is 27.5 Å². The van der Waals surface area contributed by atoms with Crippen LogP contribution in [-0.2, 0) is 30.8 Å². The van der Waals surface area contributed by atoms with Gasteiger partial charge >= 0.3 is 12.0 Å². The average molecular weight is 494 g/mol. The first kappa shape index (κ1) is 25.5. The van der Waals surface area contributed by atoms with Crippen molar-refractivity contribution in [1.29, 1.82) is 0 Å². The monoisotopic (exact) mass is 493 g/mol. The van der Waals surface area contributed by atoms with Crippen LogP contribution in [0.25, 0.3) is 10.9 Å². The highest BCUT2D eigenvalue weighted by molar-refractivity contribution is 7.88. The summed E-state index contributed by atoms with van der Waals surface area (Å²) in [5.41, 5.74) is 1.68. The normalized spacial score (nSPS) is 18.0. The molecule has 0 bridgehead atoms. The number of urea groups is 1.